The van der Waals surface area contributed by atoms with Gasteiger partial charge in [-0.1, -0.05) is 80.6 Å². The largest absolute Gasteiger partial charge is 0.472 e. The van der Waals surface area contributed by atoms with Crippen LogP contribution >= 0.6 is 0 Å². The van der Waals surface area contributed by atoms with Gasteiger partial charge in [0.05, 0.1) is 18.8 Å². The first-order valence-electron chi connectivity index (χ1n) is 12.8. The van der Waals surface area contributed by atoms with Gasteiger partial charge in [0.1, 0.15) is 19.0 Å². The monoisotopic (exact) mass is 512 g/mol. The van der Waals surface area contributed by atoms with Crippen molar-refractivity contribution in [2.45, 2.75) is 46.2 Å². The number of aromatic nitrogens is 2. The molecule has 0 unspecified atom stereocenters. The summed E-state index contributed by atoms with van der Waals surface area (Å²) in [4.78, 5) is 9.33. The van der Waals surface area contributed by atoms with E-state index in [4.69, 9.17) is 23.7 Å². The highest BCUT2D eigenvalue weighted by molar-refractivity contribution is 5.44. The second-order valence-electron chi connectivity index (χ2n) is 9.49. The number of aryl methyl sites for hydroxylation is 1. The molecule has 7 heteroatoms. The highest BCUT2D eigenvalue weighted by Gasteiger charge is 2.24. The molecule has 1 aliphatic heterocycles. The van der Waals surface area contributed by atoms with Crippen molar-refractivity contribution in [1.82, 2.24) is 9.97 Å². The third-order valence-electron chi connectivity index (χ3n) is 6.04. The molecule has 0 amide bonds. The van der Waals surface area contributed by atoms with E-state index >= 15 is 0 Å². The van der Waals surface area contributed by atoms with Crippen molar-refractivity contribution in [2.75, 3.05) is 13.2 Å². The van der Waals surface area contributed by atoms with Crippen LogP contribution in [0.1, 0.15) is 53.9 Å². The highest BCUT2D eigenvalue weighted by atomic mass is 16.7. The first-order chi connectivity index (χ1) is 18.5. The summed E-state index contributed by atoms with van der Waals surface area (Å²) < 4.78 is 30.1. The van der Waals surface area contributed by atoms with Crippen molar-refractivity contribution >= 4 is 0 Å². The average Bonchev–Trinajstić information content (AvgIpc) is 3.47. The molecule has 38 heavy (non-hydrogen) atoms. The van der Waals surface area contributed by atoms with Gasteiger partial charge in [-0.25, -0.2) is 0 Å². The molecule has 7 nitrogen and oxygen atoms in total. The van der Waals surface area contributed by atoms with E-state index in [-0.39, 0.29) is 11.9 Å². The molecule has 1 aliphatic rings. The highest BCUT2D eigenvalue weighted by Crippen LogP contribution is 2.38. The molecule has 1 aromatic heterocycles. The molecular formula is C31H32N2O5. The predicted molar refractivity (Wildman–Crippen MR) is 144 cm³/mol. The molecule has 2 heterocycles. The van der Waals surface area contributed by atoms with Crippen LogP contribution in [0.25, 0.3) is 0 Å². The molecule has 0 saturated carbocycles. The third kappa shape index (κ3) is 6.49. The molecule has 1 saturated heterocycles. The number of hydrogen-bond donors (Lipinski definition) is 0. The van der Waals surface area contributed by atoms with Crippen LogP contribution in [0.5, 0.6) is 23.5 Å². The number of ether oxygens (including phenoxy) is 5. The Labute approximate surface area is 223 Å². The van der Waals surface area contributed by atoms with Crippen molar-refractivity contribution in [3.8, 4) is 23.5 Å². The van der Waals surface area contributed by atoms with E-state index in [1.807, 2.05) is 85.8 Å². The fraction of sp³-hybridized carbons (Fsp3) is 0.290. The minimum Gasteiger partial charge on any atom is -0.472 e. The zero-order chi connectivity index (χ0) is 26.3. The summed E-state index contributed by atoms with van der Waals surface area (Å²) in [5.41, 5.74) is 4.74. The number of rotatable bonds is 10. The van der Waals surface area contributed by atoms with E-state index in [0.29, 0.717) is 43.9 Å². The lowest BCUT2D eigenvalue weighted by atomic mass is 10.1. The zero-order valence-corrected chi connectivity index (χ0v) is 21.9. The first kappa shape index (κ1) is 25.7. The Morgan fingerprint density at radius 2 is 1.39 bits per heavy atom. The van der Waals surface area contributed by atoms with E-state index in [0.717, 1.165) is 27.8 Å². The molecule has 4 aromatic rings. The van der Waals surface area contributed by atoms with Crippen LogP contribution in [-0.2, 0) is 22.7 Å². The van der Waals surface area contributed by atoms with Gasteiger partial charge >= 0.3 is 6.01 Å². The number of hydrogen-bond acceptors (Lipinski definition) is 7. The Morgan fingerprint density at radius 1 is 0.789 bits per heavy atom. The maximum absolute atomic E-state index is 6.42. The van der Waals surface area contributed by atoms with Gasteiger partial charge in [-0.2, -0.15) is 9.97 Å². The normalized spacial score (nSPS) is 13.6. The van der Waals surface area contributed by atoms with E-state index in [9.17, 15) is 0 Å². The zero-order valence-electron chi connectivity index (χ0n) is 21.9. The predicted octanol–water partition coefficient (Wildman–Crippen LogP) is 6.90. The van der Waals surface area contributed by atoms with Gasteiger partial charge in [0.15, 0.2) is 6.29 Å². The van der Waals surface area contributed by atoms with Crippen LogP contribution in [-0.4, -0.2) is 23.2 Å². The summed E-state index contributed by atoms with van der Waals surface area (Å²) in [5.74, 6) is 1.49. The van der Waals surface area contributed by atoms with Crippen molar-refractivity contribution in [3.05, 3.63) is 107 Å². The lowest BCUT2D eigenvalue weighted by molar-refractivity contribution is -0.0442. The molecule has 3 aromatic carbocycles. The summed E-state index contributed by atoms with van der Waals surface area (Å²) in [6, 6.07) is 26.0. The van der Waals surface area contributed by atoms with Crippen LogP contribution in [0.15, 0.2) is 78.9 Å². The fourth-order valence-electron chi connectivity index (χ4n) is 4.24. The molecule has 1 fully saturated rings. The lowest BCUT2D eigenvalue weighted by Gasteiger charge is -2.19. The molecular weight excluding hydrogens is 480 g/mol. The van der Waals surface area contributed by atoms with Crippen molar-refractivity contribution in [1.29, 1.82) is 0 Å². The first-order valence-corrected chi connectivity index (χ1v) is 12.8. The molecule has 0 aliphatic carbocycles. The smallest absolute Gasteiger partial charge is 0.323 e. The maximum atomic E-state index is 6.42. The summed E-state index contributed by atoms with van der Waals surface area (Å²) in [6.45, 7) is 7.97. The minimum absolute atomic E-state index is 0.0322. The summed E-state index contributed by atoms with van der Waals surface area (Å²) in [6.07, 6.45) is -0.401. The Bertz CT molecular complexity index is 1340. The molecule has 0 spiro atoms. The van der Waals surface area contributed by atoms with Gasteiger partial charge in [-0.15, -0.1) is 0 Å². The molecule has 196 valence electrons. The Hall–Kier alpha value is -3.94. The topological polar surface area (TPSA) is 71.9 Å². The second kappa shape index (κ2) is 12.1. The van der Waals surface area contributed by atoms with Gasteiger partial charge in [-0.05, 0) is 41.7 Å². The molecule has 0 bridgehead atoms. The van der Waals surface area contributed by atoms with Crippen LogP contribution in [0.3, 0.4) is 0 Å². The van der Waals surface area contributed by atoms with E-state index < -0.39 is 6.29 Å². The van der Waals surface area contributed by atoms with Crippen molar-refractivity contribution in [3.63, 3.8) is 0 Å². The molecule has 0 atom stereocenters. The standard InChI is InChI=1S/C31H32N2O5/c1-21(2)27-28(36-19-23-10-6-4-7-11-23)32-31(37-20-24-12-8-5-9-13-24)33-29(27)38-26-17-22(3)16-25(18-26)30-34-14-15-35-30/h4-13,16-18,21,30H,14-15,19-20H2,1-3H3. The summed E-state index contributed by atoms with van der Waals surface area (Å²) in [7, 11) is 0. The number of nitrogens with zero attached hydrogens (tertiary/aromatic N) is 2. The van der Waals surface area contributed by atoms with Crippen LogP contribution < -0.4 is 14.2 Å². The lowest BCUT2D eigenvalue weighted by Crippen LogP contribution is -2.09. The van der Waals surface area contributed by atoms with E-state index in [1.54, 1.807) is 0 Å². The Balaban J connectivity index is 1.48. The van der Waals surface area contributed by atoms with Crippen molar-refractivity contribution in [2.24, 2.45) is 0 Å². The van der Waals surface area contributed by atoms with Crippen molar-refractivity contribution < 1.29 is 23.7 Å². The molecule has 5 rings (SSSR count). The quantitative estimate of drug-likeness (QED) is 0.229. The molecule has 0 radical (unpaired) electrons. The Morgan fingerprint density at radius 3 is 2.03 bits per heavy atom. The molecule has 0 N–H and O–H groups in total. The SMILES string of the molecule is Cc1cc(Oc2nc(OCc3ccccc3)nc(OCc3ccccc3)c2C(C)C)cc(C2OCCO2)c1. The van der Waals surface area contributed by atoms with E-state index in [1.165, 1.54) is 0 Å². The second-order valence-corrected chi connectivity index (χ2v) is 9.49. The van der Waals surface area contributed by atoms with Crippen LogP contribution in [0.2, 0.25) is 0 Å². The average molecular weight is 513 g/mol. The summed E-state index contributed by atoms with van der Waals surface area (Å²) >= 11 is 0. The van der Waals surface area contributed by atoms with Gasteiger partial charge in [0.2, 0.25) is 11.8 Å². The number of benzene rings is 3. The summed E-state index contributed by atoms with van der Waals surface area (Å²) in [5, 5.41) is 0. The maximum Gasteiger partial charge on any atom is 0.323 e. The van der Waals surface area contributed by atoms with E-state index in [2.05, 4.69) is 23.8 Å². The van der Waals surface area contributed by atoms with Gasteiger partial charge in [0.25, 0.3) is 0 Å². The Kier molecular flexibility index (Phi) is 8.16. The van der Waals surface area contributed by atoms with Crippen LogP contribution in [0.4, 0.5) is 0 Å². The van der Waals surface area contributed by atoms with Crippen LogP contribution in [0, 0.1) is 6.92 Å². The minimum atomic E-state index is -0.401. The fourth-order valence-corrected chi connectivity index (χ4v) is 4.24. The van der Waals surface area contributed by atoms with Gasteiger partial charge < -0.3 is 23.7 Å². The van der Waals surface area contributed by atoms with Gasteiger partial charge in [0, 0.05) is 5.56 Å². The third-order valence-corrected chi connectivity index (χ3v) is 6.04. The van der Waals surface area contributed by atoms with Gasteiger partial charge in [-0.3, -0.25) is 0 Å².